The van der Waals surface area contributed by atoms with Crippen LogP contribution in [0.5, 0.6) is 5.75 Å². The molecule has 2 aromatic heterocycles. The second-order valence-electron chi connectivity index (χ2n) is 11.6. The van der Waals surface area contributed by atoms with E-state index in [1.165, 1.54) is 25.4 Å². The van der Waals surface area contributed by atoms with Gasteiger partial charge in [-0.3, -0.25) is 4.79 Å². The van der Waals surface area contributed by atoms with Crippen LogP contribution in [0.25, 0.3) is 22.4 Å². The minimum atomic E-state index is -1.06. The molecule has 0 unspecified atom stereocenters. The van der Waals surface area contributed by atoms with Crippen molar-refractivity contribution in [2.45, 2.75) is 81.7 Å². The van der Waals surface area contributed by atoms with Crippen molar-refractivity contribution in [1.82, 2.24) is 25.1 Å². The van der Waals surface area contributed by atoms with Crippen LogP contribution in [0.1, 0.15) is 52.4 Å². The lowest BCUT2D eigenvalue weighted by Gasteiger charge is -2.57. The summed E-state index contributed by atoms with van der Waals surface area (Å²) < 4.78 is 31.6. The van der Waals surface area contributed by atoms with Crippen LogP contribution in [0.2, 0.25) is 0 Å². The fourth-order valence-corrected chi connectivity index (χ4v) is 6.43. The van der Waals surface area contributed by atoms with Crippen LogP contribution < -0.4 is 15.8 Å². The van der Waals surface area contributed by atoms with Crippen molar-refractivity contribution in [3.8, 4) is 28.1 Å². The molecule has 0 spiro atoms. The molecule has 3 fully saturated rings. The summed E-state index contributed by atoms with van der Waals surface area (Å²) in [5.74, 6) is -0.308. The van der Waals surface area contributed by atoms with Gasteiger partial charge in [-0.2, -0.15) is 0 Å². The van der Waals surface area contributed by atoms with E-state index in [-0.39, 0.29) is 34.5 Å². The lowest BCUT2D eigenvalue weighted by atomic mass is 9.68. The second kappa shape index (κ2) is 8.83. The maximum absolute atomic E-state index is 16.0. The Hall–Kier alpha value is -3.40. The molecule has 4 atom stereocenters. The van der Waals surface area contributed by atoms with Crippen molar-refractivity contribution >= 4 is 5.95 Å². The molecule has 0 amide bonds. The predicted molar refractivity (Wildman–Crippen MR) is 140 cm³/mol. The molecule has 200 valence electrons. The zero-order chi connectivity index (χ0) is 26.8. The third-order valence-corrected chi connectivity index (χ3v) is 8.46. The summed E-state index contributed by atoms with van der Waals surface area (Å²) in [7, 11) is 1.47. The number of alkyl halides is 1. The van der Waals surface area contributed by atoms with E-state index in [0.717, 1.165) is 42.9 Å². The molecule has 2 bridgehead atoms. The summed E-state index contributed by atoms with van der Waals surface area (Å²) in [5.41, 5.74) is 0.129. The van der Waals surface area contributed by atoms with Crippen molar-refractivity contribution in [3.05, 3.63) is 52.8 Å². The van der Waals surface area contributed by atoms with E-state index in [1.807, 2.05) is 11.8 Å². The van der Waals surface area contributed by atoms with Crippen LogP contribution in [0.4, 0.5) is 14.7 Å². The van der Waals surface area contributed by atoms with Gasteiger partial charge >= 0.3 is 0 Å². The number of aromatic hydroxyl groups is 1. The molecule has 8 nitrogen and oxygen atoms in total. The Kier molecular flexibility index (Phi) is 5.79. The van der Waals surface area contributed by atoms with Crippen LogP contribution >= 0.6 is 0 Å². The smallest absolute Gasteiger partial charge is 0.251 e. The lowest BCUT2D eigenvalue weighted by Crippen LogP contribution is -2.73. The normalized spacial score (nSPS) is 28.8. The number of aromatic nitrogens is 4. The molecule has 38 heavy (non-hydrogen) atoms. The predicted octanol–water partition coefficient (Wildman–Crippen LogP) is 4.12. The number of fused-ring (bicyclic) bond motifs is 2. The number of benzene rings is 1. The van der Waals surface area contributed by atoms with Gasteiger partial charge in [-0.15, -0.1) is 10.2 Å². The Morgan fingerprint density at radius 2 is 1.95 bits per heavy atom. The molecule has 1 aromatic carbocycles. The Bertz CT molecular complexity index is 1440. The van der Waals surface area contributed by atoms with Crippen molar-refractivity contribution in [2.24, 2.45) is 7.05 Å². The Morgan fingerprint density at radius 3 is 2.63 bits per heavy atom. The van der Waals surface area contributed by atoms with Gasteiger partial charge in [0, 0.05) is 47.6 Å². The van der Waals surface area contributed by atoms with Gasteiger partial charge in [0.25, 0.3) is 5.56 Å². The zero-order valence-corrected chi connectivity index (χ0v) is 21.8. The van der Waals surface area contributed by atoms with Crippen molar-refractivity contribution in [3.63, 3.8) is 0 Å². The minimum absolute atomic E-state index is 0.101. The molecule has 3 aliphatic rings. The number of anilines is 1. The lowest BCUT2D eigenvalue weighted by molar-refractivity contribution is 0.0000874. The average Bonchev–Trinajstić information content (AvgIpc) is 3.70. The summed E-state index contributed by atoms with van der Waals surface area (Å²) in [6.07, 6.45) is 7.02. The van der Waals surface area contributed by atoms with Crippen molar-refractivity contribution < 1.29 is 13.9 Å². The number of piperidine rings is 2. The SMILES string of the molecule is Cn1cc(F)c(-c2ccc(-c3cnc(N(C4CC4)[C@H]4C[C@]5(C)CCC[C@@](C)(N5)[C@H]4F)nn3)c(O)c2)cc1=O. The summed E-state index contributed by atoms with van der Waals surface area (Å²) in [4.78, 5) is 18.6. The van der Waals surface area contributed by atoms with E-state index >= 15 is 4.39 Å². The van der Waals surface area contributed by atoms with Gasteiger partial charge in [0.15, 0.2) is 0 Å². The van der Waals surface area contributed by atoms with Gasteiger partial charge < -0.3 is 19.9 Å². The quantitative estimate of drug-likeness (QED) is 0.521. The third-order valence-electron chi connectivity index (χ3n) is 8.46. The first-order chi connectivity index (χ1) is 18.1. The fraction of sp³-hybridized carbons (Fsp3) is 0.500. The maximum atomic E-state index is 16.0. The summed E-state index contributed by atoms with van der Waals surface area (Å²) in [6, 6.07) is 5.65. The fourth-order valence-electron chi connectivity index (χ4n) is 6.43. The zero-order valence-electron chi connectivity index (χ0n) is 21.8. The van der Waals surface area contributed by atoms with Gasteiger partial charge in [-0.25, -0.2) is 13.8 Å². The Labute approximate surface area is 219 Å². The van der Waals surface area contributed by atoms with Crippen molar-refractivity contribution in [1.29, 1.82) is 0 Å². The monoisotopic (exact) mass is 522 g/mol. The van der Waals surface area contributed by atoms with E-state index in [4.69, 9.17) is 0 Å². The molecule has 10 heteroatoms. The van der Waals surface area contributed by atoms with Gasteiger partial charge in [-0.05, 0) is 70.1 Å². The van der Waals surface area contributed by atoms with Crippen LogP contribution in [-0.2, 0) is 7.05 Å². The number of phenols is 1. The largest absolute Gasteiger partial charge is 0.507 e. The molecule has 2 aliphatic heterocycles. The number of nitrogens with one attached hydrogen (secondary N) is 1. The first kappa shape index (κ1) is 24.9. The average molecular weight is 523 g/mol. The first-order valence-corrected chi connectivity index (χ1v) is 13.2. The number of hydrogen-bond donors (Lipinski definition) is 2. The van der Waals surface area contributed by atoms with E-state index in [0.29, 0.717) is 29.2 Å². The third kappa shape index (κ3) is 4.24. The van der Waals surface area contributed by atoms with E-state index in [1.54, 1.807) is 12.1 Å². The topological polar surface area (TPSA) is 96.2 Å². The molecule has 1 aliphatic carbocycles. The highest BCUT2D eigenvalue weighted by Gasteiger charge is 2.56. The molecular weight excluding hydrogens is 490 g/mol. The molecule has 2 saturated heterocycles. The van der Waals surface area contributed by atoms with Gasteiger partial charge in [0.1, 0.15) is 23.4 Å². The molecular formula is C28H32F2N6O2. The molecule has 3 aromatic rings. The van der Waals surface area contributed by atoms with Crippen LogP contribution in [0.15, 0.2) is 41.5 Å². The number of pyridine rings is 1. The Balaban J connectivity index is 1.29. The van der Waals surface area contributed by atoms with Gasteiger partial charge in [-0.1, -0.05) is 6.07 Å². The van der Waals surface area contributed by atoms with E-state index < -0.39 is 17.5 Å². The van der Waals surface area contributed by atoms with E-state index in [2.05, 4.69) is 27.4 Å². The number of hydrogen-bond acceptors (Lipinski definition) is 7. The summed E-state index contributed by atoms with van der Waals surface area (Å²) in [5, 5.41) is 23.0. The van der Waals surface area contributed by atoms with Crippen molar-refractivity contribution in [2.75, 3.05) is 4.90 Å². The minimum Gasteiger partial charge on any atom is -0.507 e. The van der Waals surface area contributed by atoms with Crippen LogP contribution in [0.3, 0.4) is 0 Å². The second-order valence-corrected chi connectivity index (χ2v) is 11.6. The van der Waals surface area contributed by atoms with E-state index in [9.17, 15) is 14.3 Å². The molecule has 1 saturated carbocycles. The number of phenolic OH excluding ortho intramolecular Hbond substituents is 1. The number of aryl methyl sites for hydroxylation is 1. The molecule has 2 N–H and O–H groups in total. The molecule has 0 radical (unpaired) electrons. The number of halogens is 2. The standard InChI is InChI=1S/C28H32F2N6O2/c1-27-9-4-10-28(2,34-27)25(30)22(13-27)36(17-6-7-17)26-31-14-21(32-33-26)18-8-5-16(11-23(18)37)19-12-24(38)35(3)15-20(19)29/h5,8,11-12,14-15,17,22,25,34,37H,4,6-7,9-10,13H2,1-3H3/t22-,25-,27-,28+/m0/s1. The van der Waals surface area contributed by atoms with Gasteiger partial charge in [0.05, 0.1) is 12.2 Å². The molecule has 6 rings (SSSR count). The Morgan fingerprint density at radius 1 is 1.16 bits per heavy atom. The highest BCUT2D eigenvalue weighted by molar-refractivity contribution is 5.74. The first-order valence-electron chi connectivity index (χ1n) is 13.2. The maximum Gasteiger partial charge on any atom is 0.251 e. The highest BCUT2D eigenvalue weighted by atomic mass is 19.1. The highest BCUT2D eigenvalue weighted by Crippen LogP contribution is 2.46. The molecule has 4 heterocycles. The number of nitrogens with zero attached hydrogens (tertiary/aromatic N) is 5. The summed E-state index contributed by atoms with van der Waals surface area (Å²) in [6.45, 7) is 4.17. The summed E-state index contributed by atoms with van der Waals surface area (Å²) >= 11 is 0. The van der Waals surface area contributed by atoms with Gasteiger partial charge in [0.2, 0.25) is 5.95 Å². The van der Waals surface area contributed by atoms with Crippen LogP contribution in [0, 0.1) is 5.82 Å². The number of rotatable bonds is 5. The van der Waals surface area contributed by atoms with Crippen LogP contribution in [-0.4, -0.2) is 54.2 Å².